The van der Waals surface area contributed by atoms with Crippen LogP contribution in [0.2, 0.25) is 0 Å². The van der Waals surface area contributed by atoms with Gasteiger partial charge in [0.1, 0.15) is 6.42 Å². The van der Waals surface area contributed by atoms with Crippen LogP contribution in [-0.4, -0.2) is 31.2 Å². The van der Waals surface area contributed by atoms with Crippen LogP contribution < -0.4 is 20.2 Å². The van der Waals surface area contributed by atoms with E-state index in [0.29, 0.717) is 30.4 Å². The zero-order chi connectivity index (χ0) is 21.1. The Balaban J connectivity index is 1.89. The Labute approximate surface area is 171 Å². The van der Waals surface area contributed by atoms with Crippen molar-refractivity contribution in [2.45, 2.75) is 33.6 Å². The molecule has 0 aliphatic carbocycles. The van der Waals surface area contributed by atoms with Crippen molar-refractivity contribution in [2.24, 2.45) is 5.10 Å². The molecule has 0 fully saturated rings. The topological polar surface area (TPSA) is 89.0 Å². The minimum atomic E-state index is -0.500. The van der Waals surface area contributed by atoms with Gasteiger partial charge in [0.25, 0.3) is 0 Å². The number of carbonyl (C=O) groups is 2. The Hall–Kier alpha value is -3.35. The van der Waals surface area contributed by atoms with Gasteiger partial charge in [-0.3, -0.25) is 9.59 Å². The van der Waals surface area contributed by atoms with Crippen LogP contribution in [0.4, 0.5) is 5.69 Å². The molecule has 7 nitrogen and oxygen atoms in total. The highest BCUT2D eigenvalue weighted by Crippen LogP contribution is 2.28. The summed E-state index contributed by atoms with van der Waals surface area (Å²) in [4.78, 5) is 23.9. The molecule has 0 aliphatic rings. The minimum Gasteiger partial charge on any atom is -0.490 e. The van der Waals surface area contributed by atoms with Gasteiger partial charge in [0, 0.05) is 5.69 Å². The molecule has 0 aromatic heterocycles. The Morgan fingerprint density at radius 2 is 1.83 bits per heavy atom. The second-order valence-corrected chi connectivity index (χ2v) is 6.32. The van der Waals surface area contributed by atoms with Gasteiger partial charge in [0.2, 0.25) is 11.8 Å². The monoisotopic (exact) mass is 397 g/mol. The number of rotatable bonds is 10. The predicted molar refractivity (Wildman–Crippen MR) is 114 cm³/mol. The van der Waals surface area contributed by atoms with Crippen molar-refractivity contribution in [1.29, 1.82) is 0 Å². The molecule has 2 aromatic carbocycles. The average molecular weight is 397 g/mol. The van der Waals surface area contributed by atoms with Crippen LogP contribution >= 0.6 is 0 Å². The second kappa shape index (κ2) is 11.5. The molecule has 0 atom stereocenters. The number of ether oxygens (including phenoxy) is 2. The molecule has 29 heavy (non-hydrogen) atoms. The molecular formula is C22H27N3O4. The van der Waals surface area contributed by atoms with Crippen molar-refractivity contribution < 1.29 is 19.1 Å². The van der Waals surface area contributed by atoms with Crippen molar-refractivity contribution in [1.82, 2.24) is 5.43 Å². The summed E-state index contributed by atoms with van der Waals surface area (Å²) >= 11 is 0. The standard InChI is InChI=1S/C22H27N3O4/c1-4-12-29-19-11-10-17(13-20(19)28-5-2)15-23-25-22(27)14-21(26)24-18-9-7-6-8-16(18)3/h6-11,13,15H,4-5,12,14H2,1-3H3,(H,24,26)(H,25,27). The SMILES string of the molecule is CCCOc1ccc(C=NNC(=O)CC(=O)Nc2ccccc2C)cc1OCC. The van der Waals surface area contributed by atoms with E-state index in [0.717, 1.165) is 17.5 Å². The lowest BCUT2D eigenvalue weighted by atomic mass is 10.2. The lowest BCUT2D eigenvalue weighted by molar-refractivity contribution is -0.126. The summed E-state index contributed by atoms with van der Waals surface area (Å²) in [6.07, 6.45) is 2.07. The number of benzene rings is 2. The van der Waals surface area contributed by atoms with Gasteiger partial charge in [-0.2, -0.15) is 5.10 Å². The number of para-hydroxylation sites is 1. The molecule has 0 spiro atoms. The Bertz CT molecular complexity index is 865. The maximum absolute atomic E-state index is 12.0. The normalized spacial score (nSPS) is 10.6. The molecule has 0 bridgehead atoms. The van der Waals surface area contributed by atoms with Gasteiger partial charge >= 0.3 is 0 Å². The first-order chi connectivity index (χ1) is 14.0. The van der Waals surface area contributed by atoms with E-state index in [1.807, 2.05) is 45.0 Å². The molecule has 2 aromatic rings. The predicted octanol–water partition coefficient (Wildman–Crippen LogP) is 3.66. The van der Waals surface area contributed by atoms with Crippen LogP contribution in [0.1, 0.15) is 37.8 Å². The maximum Gasteiger partial charge on any atom is 0.249 e. The van der Waals surface area contributed by atoms with Crippen molar-refractivity contribution in [3.05, 3.63) is 53.6 Å². The number of hydrazone groups is 1. The Morgan fingerprint density at radius 1 is 1.03 bits per heavy atom. The molecule has 2 rings (SSSR count). The molecule has 154 valence electrons. The Morgan fingerprint density at radius 3 is 2.55 bits per heavy atom. The van der Waals surface area contributed by atoms with Crippen LogP contribution in [0.25, 0.3) is 0 Å². The number of amides is 2. The molecule has 7 heteroatoms. The quantitative estimate of drug-likeness (QED) is 0.364. The van der Waals surface area contributed by atoms with Gasteiger partial charge < -0.3 is 14.8 Å². The molecule has 0 heterocycles. The van der Waals surface area contributed by atoms with E-state index in [-0.39, 0.29) is 6.42 Å². The fraction of sp³-hybridized carbons (Fsp3) is 0.318. The largest absolute Gasteiger partial charge is 0.490 e. The summed E-state index contributed by atoms with van der Waals surface area (Å²) < 4.78 is 11.2. The third kappa shape index (κ3) is 7.29. The molecule has 2 N–H and O–H groups in total. The fourth-order valence-corrected chi connectivity index (χ4v) is 2.48. The molecule has 0 unspecified atom stereocenters. The van der Waals surface area contributed by atoms with E-state index in [1.165, 1.54) is 6.21 Å². The highest BCUT2D eigenvalue weighted by Gasteiger charge is 2.10. The molecule has 0 radical (unpaired) electrons. The zero-order valence-electron chi connectivity index (χ0n) is 17.0. The fourth-order valence-electron chi connectivity index (χ4n) is 2.48. The van der Waals surface area contributed by atoms with Crippen molar-refractivity contribution in [2.75, 3.05) is 18.5 Å². The first-order valence-electron chi connectivity index (χ1n) is 9.60. The number of aryl methyl sites for hydroxylation is 1. The summed E-state index contributed by atoms with van der Waals surface area (Å²) in [5, 5.41) is 6.62. The van der Waals surface area contributed by atoms with Gasteiger partial charge in [0.05, 0.1) is 19.4 Å². The summed E-state index contributed by atoms with van der Waals surface area (Å²) in [5.41, 5.74) is 4.71. The van der Waals surface area contributed by atoms with Gasteiger partial charge in [-0.1, -0.05) is 25.1 Å². The van der Waals surface area contributed by atoms with Crippen LogP contribution in [0, 0.1) is 6.92 Å². The highest BCUT2D eigenvalue weighted by atomic mass is 16.5. The van der Waals surface area contributed by atoms with Crippen molar-refractivity contribution in [3.8, 4) is 11.5 Å². The van der Waals surface area contributed by atoms with E-state index in [2.05, 4.69) is 15.8 Å². The Kier molecular flexibility index (Phi) is 8.69. The summed E-state index contributed by atoms with van der Waals surface area (Å²) in [6.45, 7) is 6.93. The third-order valence-corrected chi connectivity index (χ3v) is 3.87. The van der Waals surface area contributed by atoms with Gasteiger partial charge in [-0.25, -0.2) is 5.43 Å². The number of hydrogen-bond donors (Lipinski definition) is 2. The number of anilines is 1. The summed E-state index contributed by atoms with van der Waals surface area (Å²) in [5.74, 6) is 0.389. The van der Waals surface area contributed by atoms with E-state index < -0.39 is 11.8 Å². The summed E-state index contributed by atoms with van der Waals surface area (Å²) in [6, 6.07) is 12.8. The smallest absolute Gasteiger partial charge is 0.249 e. The first kappa shape index (κ1) is 21.9. The van der Waals surface area contributed by atoms with E-state index in [9.17, 15) is 9.59 Å². The number of carbonyl (C=O) groups excluding carboxylic acids is 2. The maximum atomic E-state index is 12.0. The van der Waals surface area contributed by atoms with E-state index >= 15 is 0 Å². The van der Waals surface area contributed by atoms with Gasteiger partial charge in [-0.05, 0) is 55.7 Å². The summed E-state index contributed by atoms with van der Waals surface area (Å²) in [7, 11) is 0. The average Bonchev–Trinajstić information content (AvgIpc) is 2.69. The molecule has 0 saturated carbocycles. The minimum absolute atomic E-state index is 0.320. The number of nitrogens with one attached hydrogen (secondary N) is 2. The highest BCUT2D eigenvalue weighted by molar-refractivity contribution is 6.04. The van der Waals surface area contributed by atoms with Crippen LogP contribution in [0.5, 0.6) is 11.5 Å². The lowest BCUT2D eigenvalue weighted by Gasteiger charge is -2.11. The van der Waals surface area contributed by atoms with E-state index in [1.54, 1.807) is 18.2 Å². The van der Waals surface area contributed by atoms with Crippen molar-refractivity contribution >= 4 is 23.7 Å². The first-order valence-corrected chi connectivity index (χ1v) is 9.60. The van der Waals surface area contributed by atoms with Crippen molar-refractivity contribution in [3.63, 3.8) is 0 Å². The lowest BCUT2D eigenvalue weighted by Crippen LogP contribution is -2.24. The van der Waals surface area contributed by atoms with Crippen LogP contribution in [0.3, 0.4) is 0 Å². The molecule has 0 saturated heterocycles. The van der Waals surface area contributed by atoms with Gasteiger partial charge in [-0.15, -0.1) is 0 Å². The number of nitrogens with zero attached hydrogens (tertiary/aromatic N) is 1. The van der Waals surface area contributed by atoms with E-state index in [4.69, 9.17) is 9.47 Å². The molecule has 2 amide bonds. The van der Waals surface area contributed by atoms with Gasteiger partial charge in [0.15, 0.2) is 11.5 Å². The van der Waals surface area contributed by atoms with Crippen LogP contribution in [0.15, 0.2) is 47.6 Å². The van der Waals surface area contributed by atoms with Crippen LogP contribution in [-0.2, 0) is 9.59 Å². The zero-order valence-corrected chi connectivity index (χ0v) is 17.0. The molecule has 0 aliphatic heterocycles. The number of hydrogen-bond acceptors (Lipinski definition) is 5. The third-order valence-electron chi connectivity index (χ3n) is 3.87. The molecular weight excluding hydrogens is 370 g/mol. The second-order valence-electron chi connectivity index (χ2n) is 6.32.